The minimum absolute atomic E-state index is 0.301. The molecule has 0 N–H and O–H groups in total. The Morgan fingerprint density at radius 1 is 1.55 bits per heavy atom. The van der Waals surface area contributed by atoms with Crippen molar-refractivity contribution >= 4 is 5.97 Å². The van der Waals surface area contributed by atoms with Crippen molar-refractivity contribution in [3.05, 3.63) is 37.0 Å². The molecule has 0 radical (unpaired) electrons. The monoisotopic (exact) mass is 152 g/mol. The maximum Gasteiger partial charge on any atom is 0.330 e. The maximum atomic E-state index is 10.5. The minimum Gasteiger partial charge on any atom is -0.458 e. The standard InChI is InChI=1S/C9H12O2/c1-3-5-6-7-8-11-9(10)4-2/h3-7H,2,8H2,1H3. The van der Waals surface area contributed by atoms with Crippen molar-refractivity contribution in [1.82, 2.24) is 0 Å². The van der Waals surface area contributed by atoms with Crippen LogP contribution in [0.2, 0.25) is 0 Å². The predicted molar refractivity (Wildman–Crippen MR) is 45.1 cm³/mol. The van der Waals surface area contributed by atoms with E-state index in [1.807, 2.05) is 25.2 Å². The average Bonchev–Trinajstić information content (AvgIpc) is 2.04. The molecule has 0 heterocycles. The van der Waals surface area contributed by atoms with Crippen molar-refractivity contribution in [2.75, 3.05) is 6.61 Å². The predicted octanol–water partition coefficient (Wildman–Crippen LogP) is 1.85. The summed E-state index contributed by atoms with van der Waals surface area (Å²) in [4.78, 5) is 10.5. The van der Waals surface area contributed by atoms with Crippen LogP contribution >= 0.6 is 0 Å². The molecule has 0 aliphatic rings. The summed E-state index contributed by atoms with van der Waals surface area (Å²) in [7, 11) is 0. The van der Waals surface area contributed by atoms with Gasteiger partial charge in [0, 0.05) is 6.08 Å². The molecular formula is C9H12O2. The number of carbonyl (C=O) groups is 1. The second kappa shape index (κ2) is 6.81. The fourth-order valence-corrected chi connectivity index (χ4v) is 0.434. The Kier molecular flexibility index (Phi) is 5.99. The Morgan fingerprint density at radius 3 is 2.82 bits per heavy atom. The molecule has 0 rings (SSSR count). The van der Waals surface area contributed by atoms with Crippen LogP contribution in [0.4, 0.5) is 0 Å². The summed E-state index contributed by atoms with van der Waals surface area (Å²) in [6, 6.07) is 0. The molecule has 2 heteroatoms. The lowest BCUT2D eigenvalue weighted by Gasteiger charge is -1.93. The second-order valence-corrected chi connectivity index (χ2v) is 1.79. The molecule has 0 spiro atoms. The van der Waals surface area contributed by atoms with Crippen LogP contribution in [-0.4, -0.2) is 12.6 Å². The molecule has 0 bridgehead atoms. The molecule has 0 aromatic carbocycles. The summed E-state index contributed by atoms with van der Waals surface area (Å²) in [6.07, 6.45) is 8.47. The SMILES string of the molecule is C=CC(=O)OCC=CC=CC. The molecule has 0 aromatic heterocycles. The van der Waals surface area contributed by atoms with E-state index in [-0.39, 0.29) is 0 Å². The highest BCUT2D eigenvalue weighted by Crippen LogP contribution is 1.81. The molecule has 0 unspecified atom stereocenters. The van der Waals surface area contributed by atoms with E-state index in [4.69, 9.17) is 0 Å². The first-order chi connectivity index (χ1) is 5.31. The van der Waals surface area contributed by atoms with E-state index in [0.29, 0.717) is 6.61 Å². The summed E-state index contributed by atoms with van der Waals surface area (Å²) in [5.74, 6) is -0.393. The van der Waals surface area contributed by atoms with Gasteiger partial charge in [-0.2, -0.15) is 0 Å². The van der Waals surface area contributed by atoms with E-state index >= 15 is 0 Å². The van der Waals surface area contributed by atoms with E-state index < -0.39 is 5.97 Å². The quantitative estimate of drug-likeness (QED) is 0.349. The number of esters is 1. The number of rotatable bonds is 4. The van der Waals surface area contributed by atoms with Crippen LogP contribution in [0.15, 0.2) is 37.0 Å². The van der Waals surface area contributed by atoms with Crippen LogP contribution in [0.3, 0.4) is 0 Å². The van der Waals surface area contributed by atoms with Gasteiger partial charge in [0.15, 0.2) is 0 Å². The summed E-state index contributed by atoms with van der Waals surface area (Å²) in [5, 5.41) is 0. The molecule has 2 nitrogen and oxygen atoms in total. The highest BCUT2D eigenvalue weighted by atomic mass is 16.5. The van der Waals surface area contributed by atoms with Crippen molar-refractivity contribution in [2.45, 2.75) is 6.92 Å². The molecule has 0 aliphatic carbocycles. The van der Waals surface area contributed by atoms with Crippen LogP contribution in [0.25, 0.3) is 0 Å². The van der Waals surface area contributed by atoms with Gasteiger partial charge in [-0.3, -0.25) is 0 Å². The first-order valence-electron chi connectivity index (χ1n) is 3.38. The topological polar surface area (TPSA) is 26.3 Å². The third-order valence-corrected chi connectivity index (χ3v) is 0.928. The number of carbonyl (C=O) groups excluding carboxylic acids is 1. The second-order valence-electron chi connectivity index (χ2n) is 1.79. The van der Waals surface area contributed by atoms with Crippen molar-refractivity contribution < 1.29 is 9.53 Å². The van der Waals surface area contributed by atoms with Crippen LogP contribution < -0.4 is 0 Å². The summed E-state index contributed by atoms with van der Waals surface area (Å²) < 4.78 is 4.66. The third-order valence-electron chi connectivity index (χ3n) is 0.928. The van der Waals surface area contributed by atoms with Gasteiger partial charge in [0.2, 0.25) is 0 Å². The normalized spacial score (nSPS) is 10.6. The van der Waals surface area contributed by atoms with Crippen LogP contribution in [0, 0.1) is 0 Å². The smallest absolute Gasteiger partial charge is 0.330 e. The number of hydrogen-bond acceptors (Lipinski definition) is 2. The van der Waals surface area contributed by atoms with E-state index in [2.05, 4.69) is 11.3 Å². The largest absolute Gasteiger partial charge is 0.458 e. The van der Waals surface area contributed by atoms with Crippen molar-refractivity contribution in [2.24, 2.45) is 0 Å². The molecule has 0 atom stereocenters. The summed E-state index contributed by atoms with van der Waals surface area (Å²) in [6.45, 7) is 5.48. The van der Waals surface area contributed by atoms with E-state index in [0.717, 1.165) is 6.08 Å². The van der Waals surface area contributed by atoms with Gasteiger partial charge in [0.05, 0.1) is 0 Å². The zero-order valence-electron chi connectivity index (χ0n) is 6.62. The Bertz CT molecular complexity index is 178. The van der Waals surface area contributed by atoms with Crippen molar-refractivity contribution in [3.8, 4) is 0 Å². The molecule has 0 amide bonds. The number of ether oxygens (including phenoxy) is 1. The lowest BCUT2D eigenvalue weighted by molar-refractivity contribution is -0.136. The lowest BCUT2D eigenvalue weighted by atomic mass is 10.4. The van der Waals surface area contributed by atoms with Gasteiger partial charge in [-0.1, -0.05) is 24.8 Å². The highest BCUT2D eigenvalue weighted by molar-refractivity contribution is 5.81. The Balaban J connectivity index is 3.40. The van der Waals surface area contributed by atoms with Crippen molar-refractivity contribution in [1.29, 1.82) is 0 Å². The van der Waals surface area contributed by atoms with Crippen molar-refractivity contribution in [3.63, 3.8) is 0 Å². The van der Waals surface area contributed by atoms with Gasteiger partial charge >= 0.3 is 5.97 Å². The molecule has 60 valence electrons. The molecule has 0 saturated carbocycles. The highest BCUT2D eigenvalue weighted by Gasteiger charge is 1.88. The zero-order valence-corrected chi connectivity index (χ0v) is 6.62. The van der Waals surface area contributed by atoms with E-state index in [1.54, 1.807) is 6.08 Å². The van der Waals surface area contributed by atoms with Gasteiger partial charge in [0.25, 0.3) is 0 Å². The third kappa shape index (κ3) is 6.58. The maximum absolute atomic E-state index is 10.5. The molecule has 11 heavy (non-hydrogen) atoms. The molecular weight excluding hydrogens is 140 g/mol. The fourth-order valence-electron chi connectivity index (χ4n) is 0.434. The molecule has 0 fully saturated rings. The van der Waals surface area contributed by atoms with E-state index in [9.17, 15) is 4.79 Å². The van der Waals surface area contributed by atoms with Gasteiger partial charge in [-0.25, -0.2) is 4.79 Å². The minimum atomic E-state index is -0.393. The molecule has 0 aromatic rings. The van der Waals surface area contributed by atoms with Crippen LogP contribution in [0.5, 0.6) is 0 Å². The molecule has 0 saturated heterocycles. The Morgan fingerprint density at radius 2 is 2.27 bits per heavy atom. The summed E-state index contributed by atoms with van der Waals surface area (Å²) >= 11 is 0. The zero-order chi connectivity index (χ0) is 8.53. The molecule has 0 aliphatic heterocycles. The Labute approximate surface area is 66.9 Å². The van der Waals surface area contributed by atoms with Gasteiger partial charge in [0.1, 0.15) is 6.61 Å². The van der Waals surface area contributed by atoms with Crippen LogP contribution in [-0.2, 0) is 9.53 Å². The lowest BCUT2D eigenvalue weighted by Crippen LogP contribution is -1.98. The van der Waals surface area contributed by atoms with Gasteiger partial charge in [-0.15, -0.1) is 0 Å². The van der Waals surface area contributed by atoms with E-state index in [1.165, 1.54) is 0 Å². The summed E-state index contributed by atoms with van der Waals surface area (Å²) in [5.41, 5.74) is 0. The van der Waals surface area contributed by atoms with Crippen LogP contribution in [0.1, 0.15) is 6.92 Å². The fraction of sp³-hybridized carbons (Fsp3) is 0.222. The number of hydrogen-bond donors (Lipinski definition) is 0. The van der Waals surface area contributed by atoms with Gasteiger partial charge < -0.3 is 4.74 Å². The van der Waals surface area contributed by atoms with Gasteiger partial charge in [-0.05, 0) is 13.0 Å². The first kappa shape index (κ1) is 9.69. The number of allylic oxidation sites excluding steroid dienone is 3. The average molecular weight is 152 g/mol. The first-order valence-corrected chi connectivity index (χ1v) is 3.38. The Hall–Kier alpha value is -1.31.